The molecule has 7 heteroatoms. The number of nitrogens with zero attached hydrogens (tertiary/aromatic N) is 3. The minimum absolute atomic E-state index is 0.0866. The molecule has 0 aliphatic heterocycles. The van der Waals surface area contributed by atoms with Gasteiger partial charge in [0.15, 0.2) is 0 Å². The summed E-state index contributed by atoms with van der Waals surface area (Å²) >= 11 is 6.29. The SMILES string of the molecule is Cc1ccc(C(=O)N(CCC(=O)O)C(c2nc3cc(Cl)ccc3nc2Cc2ccccc2)C2CC2)cc1. The van der Waals surface area contributed by atoms with E-state index in [1.807, 2.05) is 55.5 Å². The Hall–Kier alpha value is -3.77. The van der Waals surface area contributed by atoms with Crippen LogP contribution in [0.3, 0.4) is 0 Å². The molecule has 1 aromatic heterocycles. The van der Waals surface area contributed by atoms with Crippen LogP contribution in [0.15, 0.2) is 72.8 Å². The van der Waals surface area contributed by atoms with E-state index in [0.29, 0.717) is 28.2 Å². The van der Waals surface area contributed by atoms with Crippen LogP contribution in [0, 0.1) is 12.8 Å². The van der Waals surface area contributed by atoms with Gasteiger partial charge in [0, 0.05) is 23.6 Å². The van der Waals surface area contributed by atoms with Crippen molar-refractivity contribution in [3.05, 3.63) is 106 Å². The average molecular weight is 514 g/mol. The van der Waals surface area contributed by atoms with Crippen LogP contribution in [-0.2, 0) is 11.2 Å². The van der Waals surface area contributed by atoms with Crippen LogP contribution in [0.1, 0.15) is 58.2 Å². The summed E-state index contributed by atoms with van der Waals surface area (Å²) in [6, 6.07) is 22.5. The maximum atomic E-state index is 13.9. The van der Waals surface area contributed by atoms with Crippen LogP contribution in [0.5, 0.6) is 0 Å². The topological polar surface area (TPSA) is 83.4 Å². The zero-order chi connectivity index (χ0) is 25.9. The van der Waals surface area contributed by atoms with Gasteiger partial charge in [-0.15, -0.1) is 0 Å². The summed E-state index contributed by atoms with van der Waals surface area (Å²) in [6.45, 7) is 2.05. The molecule has 0 saturated heterocycles. The number of fused-ring (bicyclic) bond motifs is 1. The fraction of sp³-hybridized carbons (Fsp3) is 0.267. The van der Waals surface area contributed by atoms with Crippen LogP contribution in [0.2, 0.25) is 5.02 Å². The summed E-state index contributed by atoms with van der Waals surface area (Å²) in [6.07, 6.45) is 2.28. The summed E-state index contributed by atoms with van der Waals surface area (Å²) in [7, 11) is 0. The number of hydrogen-bond acceptors (Lipinski definition) is 4. The number of aromatic nitrogens is 2. The Kier molecular flexibility index (Phi) is 7.19. The lowest BCUT2D eigenvalue weighted by molar-refractivity contribution is -0.137. The minimum atomic E-state index is -0.947. The van der Waals surface area contributed by atoms with E-state index in [2.05, 4.69) is 0 Å². The number of carbonyl (C=O) groups is 2. The van der Waals surface area contributed by atoms with Crippen molar-refractivity contribution in [3.63, 3.8) is 0 Å². The summed E-state index contributed by atoms with van der Waals surface area (Å²) < 4.78 is 0. The molecule has 1 N–H and O–H groups in total. The summed E-state index contributed by atoms with van der Waals surface area (Å²) in [4.78, 5) is 37.2. The standard InChI is InChI=1S/C30H28ClN3O3/c1-19-7-9-22(10-8-19)30(37)34(16-15-27(35)36)29(21-11-12-21)28-26(17-20-5-3-2-4-6-20)32-24-14-13-23(31)18-25(24)33-28/h2-10,13-14,18,21,29H,11-12,15-17H2,1H3,(H,35,36). The monoisotopic (exact) mass is 513 g/mol. The number of carboxylic acid groups (broad SMARTS) is 1. The molecule has 1 unspecified atom stereocenters. The second-order valence-corrected chi connectivity index (χ2v) is 10.1. The molecule has 5 rings (SSSR count). The van der Waals surface area contributed by atoms with Gasteiger partial charge in [-0.2, -0.15) is 0 Å². The molecule has 0 radical (unpaired) electrons. The molecule has 0 bridgehead atoms. The molecule has 1 saturated carbocycles. The number of aliphatic carboxylic acids is 1. The first-order valence-electron chi connectivity index (χ1n) is 12.5. The van der Waals surface area contributed by atoms with Crippen molar-refractivity contribution < 1.29 is 14.7 Å². The van der Waals surface area contributed by atoms with Crippen LogP contribution in [0.25, 0.3) is 11.0 Å². The third-order valence-electron chi connectivity index (χ3n) is 6.75. The van der Waals surface area contributed by atoms with Crippen molar-refractivity contribution in [2.24, 2.45) is 5.92 Å². The molecule has 6 nitrogen and oxygen atoms in total. The number of benzene rings is 3. The summed E-state index contributed by atoms with van der Waals surface area (Å²) in [5.74, 6) is -0.961. The van der Waals surface area contributed by atoms with E-state index in [0.717, 1.165) is 35.2 Å². The number of carboxylic acids is 1. The number of amides is 1. The highest BCUT2D eigenvalue weighted by molar-refractivity contribution is 6.31. The third kappa shape index (κ3) is 5.81. The van der Waals surface area contributed by atoms with Gasteiger partial charge in [0.25, 0.3) is 5.91 Å². The van der Waals surface area contributed by atoms with Crippen LogP contribution >= 0.6 is 11.6 Å². The molecular formula is C30H28ClN3O3. The predicted octanol–water partition coefficient (Wildman–Crippen LogP) is 6.25. The Bertz CT molecular complexity index is 1440. The van der Waals surface area contributed by atoms with Gasteiger partial charge in [0.2, 0.25) is 0 Å². The predicted molar refractivity (Wildman–Crippen MR) is 144 cm³/mol. The molecule has 3 aromatic carbocycles. The highest BCUT2D eigenvalue weighted by Gasteiger charge is 2.41. The Morgan fingerprint density at radius 3 is 2.41 bits per heavy atom. The first kappa shape index (κ1) is 24.9. The highest BCUT2D eigenvalue weighted by Crippen LogP contribution is 2.46. The molecule has 4 aromatic rings. The number of rotatable bonds is 9. The number of halogens is 1. The van der Waals surface area contributed by atoms with E-state index in [9.17, 15) is 14.7 Å². The van der Waals surface area contributed by atoms with Crippen molar-refractivity contribution in [1.29, 1.82) is 0 Å². The molecule has 1 heterocycles. The van der Waals surface area contributed by atoms with Gasteiger partial charge >= 0.3 is 5.97 Å². The van der Waals surface area contributed by atoms with Crippen molar-refractivity contribution in [3.8, 4) is 0 Å². The largest absolute Gasteiger partial charge is 0.481 e. The molecule has 1 atom stereocenters. The lowest BCUT2D eigenvalue weighted by Crippen LogP contribution is -2.38. The Labute approximate surface area is 220 Å². The molecule has 1 amide bonds. The zero-order valence-corrected chi connectivity index (χ0v) is 21.4. The maximum Gasteiger partial charge on any atom is 0.305 e. The smallest absolute Gasteiger partial charge is 0.305 e. The lowest BCUT2D eigenvalue weighted by Gasteiger charge is -2.33. The third-order valence-corrected chi connectivity index (χ3v) is 6.99. The molecule has 1 fully saturated rings. The molecule has 0 spiro atoms. The van der Waals surface area contributed by atoms with E-state index in [-0.39, 0.29) is 30.8 Å². The van der Waals surface area contributed by atoms with E-state index >= 15 is 0 Å². The average Bonchev–Trinajstić information content (AvgIpc) is 3.72. The maximum absolute atomic E-state index is 13.9. The van der Waals surface area contributed by atoms with Crippen molar-refractivity contribution in [2.75, 3.05) is 6.54 Å². The highest BCUT2D eigenvalue weighted by atomic mass is 35.5. The van der Waals surface area contributed by atoms with Crippen molar-refractivity contribution in [2.45, 2.75) is 38.6 Å². The molecule has 188 valence electrons. The van der Waals surface area contributed by atoms with Crippen LogP contribution in [0.4, 0.5) is 0 Å². The number of carbonyl (C=O) groups excluding carboxylic acids is 1. The number of hydrogen-bond donors (Lipinski definition) is 1. The zero-order valence-electron chi connectivity index (χ0n) is 20.6. The van der Waals surface area contributed by atoms with E-state index in [4.69, 9.17) is 21.6 Å². The van der Waals surface area contributed by atoms with E-state index in [1.165, 1.54) is 0 Å². The van der Waals surface area contributed by atoms with Crippen LogP contribution < -0.4 is 0 Å². The fourth-order valence-electron chi connectivity index (χ4n) is 4.72. The van der Waals surface area contributed by atoms with Gasteiger partial charge in [-0.1, -0.05) is 59.6 Å². The second-order valence-electron chi connectivity index (χ2n) is 9.64. The van der Waals surface area contributed by atoms with Gasteiger partial charge in [-0.25, -0.2) is 9.97 Å². The Balaban J connectivity index is 1.64. The quantitative estimate of drug-likeness (QED) is 0.286. The Morgan fingerprint density at radius 1 is 1.00 bits per heavy atom. The molecule has 1 aliphatic rings. The van der Waals surface area contributed by atoms with E-state index in [1.54, 1.807) is 29.2 Å². The molecule has 37 heavy (non-hydrogen) atoms. The lowest BCUT2D eigenvalue weighted by atomic mass is 9.98. The Morgan fingerprint density at radius 2 is 1.73 bits per heavy atom. The van der Waals surface area contributed by atoms with Crippen molar-refractivity contribution in [1.82, 2.24) is 14.9 Å². The molecular weight excluding hydrogens is 486 g/mol. The molecule has 1 aliphatic carbocycles. The fourth-order valence-corrected chi connectivity index (χ4v) is 4.88. The van der Waals surface area contributed by atoms with Crippen LogP contribution in [-0.4, -0.2) is 38.4 Å². The second kappa shape index (κ2) is 10.7. The van der Waals surface area contributed by atoms with Gasteiger partial charge in [0.1, 0.15) is 0 Å². The minimum Gasteiger partial charge on any atom is -0.481 e. The van der Waals surface area contributed by atoms with Crippen molar-refractivity contribution >= 4 is 34.5 Å². The van der Waals surface area contributed by atoms with Gasteiger partial charge in [-0.05, 0) is 61.6 Å². The van der Waals surface area contributed by atoms with Gasteiger partial charge < -0.3 is 10.0 Å². The van der Waals surface area contributed by atoms with E-state index < -0.39 is 5.97 Å². The van der Waals surface area contributed by atoms with Gasteiger partial charge in [-0.3, -0.25) is 9.59 Å². The first-order chi connectivity index (χ1) is 17.9. The number of aryl methyl sites for hydroxylation is 1. The van der Waals surface area contributed by atoms with Gasteiger partial charge in [0.05, 0.1) is 34.9 Å². The normalized spacial score (nSPS) is 13.9. The summed E-state index contributed by atoms with van der Waals surface area (Å²) in [5, 5.41) is 10.1. The first-order valence-corrected chi connectivity index (χ1v) is 12.9. The summed E-state index contributed by atoms with van der Waals surface area (Å²) in [5.41, 5.74) is 5.56.